The van der Waals surface area contributed by atoms with Crippen molar-refractivity contribution in [2.24, 2.45) is 10.7 Å². The van der Waals surface area contributed by atoms with Crippen LogP contribution in [-0.2, 0) is 0 Å². The highest BCUT2D eigenvalue weighted by molar-refractivity contribution is 5.62. The molecule has 0 bridgehead atoms. The topological polar surface area (TPSA) is 41.6 Å². The third-order valence-electron chi connectivity index (χ3n) is 4.71. The van der Waals surface area contributed by atoms with Gasteiger partial charge in [-0.15, -0.1) is 0 Å². The molecule has 0 aromatic heterocycles. The van der Waals surface area contributed by atoms with E-state index in [0.29, 0.717) is 0 Å². The fourth-order valence-corrected chi connectivity index (χ4v) is 3.19. The molecule has 2 unspecified atom stereocenters. The Balaban J connectivity index is 1.88. The van der Waals surface area contributed by atoms with Gasteiger partial charge < -0.3 is 5.73 Å². The van der Waals surface area contributed by atoms with Crippen LogP contribution < -0.4 is 5.73 Å². The second-order valence-electron chi connectivity index (χ2n) is 6.93. The molecule has 2 N–H and O–H groups in total. The number of hydrogen-bond donors (Lipinski definition) is 1. The fourth-order valence-electron chi connectivity index (χ4n) is 3.19. The van der Waals surface area contributed by atoms with Gasteiger partial charge in [0.25, 0.3) is 0 Å². The van der Waals surface area contributed by atoms with Crippen LogP contribution in [0.2, 0.25) is 0 Å². The van der Waals surface area contributed by atoms with Crippen molar-refractivity contribution in [1.82, 2.24) is 4.90 Å². The number of hydrogen-bond acceptors (Lipinski definition) is 3. The molecule has 1 aliphatic heterocycles. The van der Waals surface area contributed by atoms with E-state index in [9.17, 15) is 0 Å². The molecule has 0 radical (unpaired) electrons. The molecule has 2 atom stereocenters. The minimum absolute atomic E-state index is 0.0953. The van der Waals surface area contributed by atoms with Gasteiger partial charge in [0.2, 0.25) is 0 Å². The SMILES string of the molecule is CCCCCCCCCCCC/C=C/CC1N=CCN1C(C)N. The molecule has 0 saturated heterocycles. The third kappa shape index (κ3) is 9.93. The summed E-state index contributed by atoms with van der Waals surface area (Å²) in [6.07, 6.45) is 23.3. The first kappa shape index (κ1) is 20.4. The number of unbranched alkanes of at least 4 members (excludes halogenated alkanes) is 10. The van der Waals surface area contributed by atoms with Gasteiger partial charge in [-0.25, -0.2) is 0 Å². The highest BCUT2D eigenvalue weighted by Crippen LogP contribution is 2.14. The highest BCUT2D eigenvalue weighted by atomic mass is 15.3. The van der Waals surface area contributed by atoms with Crippen LogP contribution in [0.1, 0.15) is 90.9 Å². The van der Waals surface area contributed by atoms with Crippen molar-refractivity contribution in [1.29, 1.82) is 0 Å². The molecular formula is C20H39N3. The zero-order valence-corrected chi connectivity index (χ0v) is 15.6. The summed E-state index contributed by atoms with van der Waals surface area (Å²) in [5.41, 5.74) is 5.95. The molecule has 0 fully saturated rings. The van der Waals surface area contributed by atoms with Crippen molar-refractivity contribution in [2.75, 3.05) is 6.54 Å². The summed E-state index contributed by atoms with van der Waals surface area (Å²) >= 11 is 0. The molecule has 3 nitrogen and oxygen atoms in total. The maximum atomic E-state index is 5.95. The van der Waals surface area contributed by atoms with E-state index in [1.807, 2.05) is 13.1 Å². The molecule has 0 aliphatic carbocycles. The average molecular weight is 322 g/mol. The van der Waals surface area contributed by atoms with E-state index >= 15 is 0 Å². The second-order valence-corrected chi connectivity index (χ2v) is 6.93. The van der Waals surface area contributed by atoms with E-state index in [4.69, 9.17) is 5.73 Å². The predicted octanol–water partition coefficient (Wildman–Crippen LogP) is 5.26. The lowest BCUT2D eigenvalue weighted by atomic mass is 10.1. The lowest BCUT2D eigenvalue weighted by Gasteiger charge is -2.25. The first-order chi connectivity index (χ1) is 11.3. The van der Waals surface area contributed by atoms with Crippen molar-refractivity contribution in [3.63, 3.8) is 0 Å². The molecule has 134 valence electrons. The van der Waals surface area contributed by atoms with Gasteiger partial charge in [-0.2, -0.15) is 0 Å². The summed E-state index contributed by atoms with van der Waals surface area (Å²) in [5, 5.41) is 0. The zero-order valence-electron chi connectivity index (χ0n) is 15.6. The molecular weight excluding hydrogens is 282 g/mol. The monoisotopic (exact) mass is 321 g/mol. The summed E-state index contributed by atoms with van der Waals surface area (Å²) in [4.78, 5) is 6.74. The van der Waals surface area contributed by atoms with Gasteiger partial charge in [-0.1, -0.05) is 76.9 Å². The van der Waals surface area contributed by atoms with Crippen molar-refractivity contribution in [3.8, 4) is 0 Å². The normalized spacial score (nSPS) is 19.9. The fraction of sp³-hybridized carbons (Fsp3) is 0.850. The Hall–Kier alpha value is -0.670. The summed E-state index contributed by atoms with van der Waals surface area (Å²) in [6, 6.07) is 0. The Morgan fingerprint density at radius 1 is 1.04 bits per heavy atom. The zero-order chi connectivity index (χ0) is 16.8. The van der Waals surface area contributed by atoms with Crippen molar-refractivity contribution in [3.05, 3.63) is 12.2 Å². The van der Waals surface area contributed by atoms with Crippen molar-refractivity contribution >= 4 is 6.21 Å². The van der Waals surface area contributed by atoms with Crippen molar-refractivity contribution < 1.29 is 0 Å². The minimum Gasteiger partial charge on any atom is -0.316 e. The molecule has 1 heterocycles. The maximum absolute atomic E-state index is 5.95. The first-order valence-corrected chi connectivity index (χ1v) is 9.93. The molecule has 23 heavy (non-hydrogen) atoms. The summed E-state index contributed by atoms with van der Waals surface area (Å²) < 4.78 is 0. The number of aliphatic imine (C=N–C) groups is 1. The number of rotatable bonds is 14. The largest absolute Gasteiger partial charge is 0.316 e. The number of nitrogens with two attached hydrogens (primary N) is 1. The smallest absolute Gasteiger partial charge is 0.107 e. The van der Waals surface area contributed by atoms with E-state index in [1.165, 1.54) is 70.6 Å². The number of allylic oxidation sites excluding steroid dienone is 1. The lowest BCUT2D eigenvalue weighted by Crippen LogP contribution is -2.43. The molecule has 1 rings (SSSR count). The van der Waals surface area contributed by atoms with Crippen LogP contribution in [0.4, 0.5) is 0 Å². The molecule has 0 spiro atoms. The van der Waals surface area contributed by atoms with Gasteiger partial charge in [0, 0.05) is 19.2 Å². The molecule has 0 aromatic rings. The quantitative estimate of drug-likeness (QED) is 0.350. The van der Waals surface area contributed by atoms with Crippen LogP contribution in [0.25, 0.3) is 0 Å². The summed E-state index contributed by atoms with van der Waals surface area (Å²) in [7, 11) is 0. The molecule has 0 aromatic carbocycles. The van der Waals surface area contributed by atoms with E-state index in [1.54, 1.807) is 0 Å². The van der Waals surface area contributed by atoms with Crippen LogP contribution in [0, 0.1) is 0 Å². The lowest BCUT2D eigenvalue weighted by molar-refractivity contribution is 0.194. The maximum Gasteiger partial charge on any atom is 0.107 e. The third-order valence-corrected chi connectivity index (χ3v) is 4.71. The van der Waals surface area contributed by atoms with Crippen LogP contribution in [0.3, 0.4) is 0 Å². The highest BCUT2D eigenvalue weighted by Gasteiger charge is 2.22. The van der Waals surface area contributed by atoms with E-state index < -0.39 is 0 Å². The molecule has 0 saturated carbocycles. The molecule has 1 aliphatic rings. The first-order valence-electron chi connectivity index (χ1n) is 9.93. The summed E-state index contributed by atoms with van der Waals surface area (Å²) in [5.74, 6) is 0. The van der Waals surface area contributed by atoms with Crippen molar-refractivity contribution in [2.45, 2.75) is 103 Å². The molecule has 3 heteroatoms. The Morgan fingerprint density at radius 3 is 2.26 bits per heavy atom. The Labute approximate surface area is 144 Å². The standard InChI is InChI=1S/C20H39N3/c1-3-4-5-6-7-8-9-10-11-12-13-14-15-16-20-22-17-18-23(20)19(2)21/h14-15,17,19-20H,3-13,16,18,21H2,1-2H3/b15-14+. The second kappa shape index (κ2) is 13.7. The van der Waals surface area contributed by atoms with E-state index in [0.717, 1.165) is 13.0 Å². The van der Waals surface area contributed by atoms with Crippen LogP contribution in [0.15, 0.2) is 17.1 Å². The van der Waals surface area contributed by atoms with Crippen LogP contribution >= 0.6 is 0 Å². The van der Waals surface area contributed by atoms with Gasteiger partial charge in [-0.3, -0.25) is 9.89 Å². The van der Waals surface area contributed by atoms with Gasteiger partial charge in [0.05, 0.1) is 6.17 Å². The minimum atomic E-state index is 0.0953. The van der Waals surface area contributed by atoms with E-state index in [2.05, 4.69) is 29.0 Å². The van der Waals surface area contributed by atoms with Gasteiger partial charge >= 0.3 is 0 Å². The Kier molecular flexibility index (Phi) is 12.2. The predicted molar refractivity (Wildman–Crippen MR) is 103 cm³/mol. The van der Waals surface area contributed by atoms with Gasteiger partial charge in [0.1, 0.15) is 6.17 Å². The average Bonchev–Trinajstić information content (AvgIpc) is 3.00. The van der Waals surface area contributed by atoms with Gasteiger partial charge in [0.15, 0.2) is 0 Å². The van der Waals surface area contributed by atoms with E-state index in [-0.39, 0.29) is 12.3 Å². The number of nitrogens with zero attached hydrogens (tertiary/aromatic N) is 2. The Bertz CT molecular complexity index is 323. The van der Waals surface area contributed by atoms with Crippen LogP contribution in [0.5, 0.6) is 0 Å². The Morgan fingerprint density at radius 2 is 1.65 bits per heavy atom. The van der Waals surface area contributed by atoms with Crippen LogP contribution in [-0.4, -0.2) is 30.0 Å². The van der Waals surface area contributed by atoms with Gasteiger partial charge in [-0.05, 0) is 19.8 Å². The molecule has 0 amide bonds. The summed E-state index contributed by atoms with van der Waals surface area (Å²) in [6.45, 7) is 5.22.